The van der Waals surface area contributed by atoms with Gasteiger partial charge in [-0.25, -0.2) is 9.37 Å². The number of aromatic nitrogens is 4. The number of anilines is 4. The second-order valence-corrected chi connectivity index (χ2v) is 10.4. The lowest BCUT2D eigenvalue weighted by Crippen LogP contribution is -2.38. The van der Waals surface area contributed by atoms with Crippen LogP contribution in [0, 0.1) is 24.1 Å². The summed E-state index contributed by atoms with van der Waals surface area (Å²) in [6.45, 7) is 4.70. The van der Waals surface area contributed by atoms with Crippen LogP contribution in [0.5, 0.6) is 0 Å². The van der Waals surface area contributed by atoms with Gasteiger partial charge in [-0.1, -0.05) is 0 Å². The fraction of sp³-hybridized carbons (Fsp3) is 0.345. The Morgan fingerprint density at radius 1 is 1.10 bits per heavy atom. The van der Waals surface area contributed by atoms with Crippen molar-refractivity contribution < 1.29 is 9.13 Å². The number of nitrogens with zero attached hydrogens (tertiary/aromatic N) is 7. The van der Waals surface area contributed by atoms with Gasteiger partial charge in [0.1, 0.15) is 29.1 Å². The zero-order chi connectivity index (χ0) is 28.8. The summed E-state index contributed by atoms with van der Waals surface area (Å²) >= 11 is 0. The third-order valence-electron chi connectivity index (χ3n) is 7.85. The van der Waals surface area contributed by atoms with Gasteiger partial charge < -0.3 is 30.6 Å². The van der Waals surface area contributed by atoms with Crippen molar-refractivity contribution in [2.24, 2.45) is 7.05 Å². The summed E-state index contributed by atoms with van der Waals surface area (Å²) < 4.78 is 22.7. The number of rotatable bonds is 4. The molecular formula is C29H30FN9O2. The summed E-state index contributed by atoms with van der Waals surface area (Å²) in [4.78, 5) is 30.0. The van der Waals surface area contributed by atoms with E-state index in [-0.39, 0.29) is 28.9 Å². The molecule has 4 aromatic rings. The molecule has 41 heavy (non-hydrogen) atoms. The lowest BCUT2D eigenvalue weighted by Gasteiger charge is -2.34. The van der Waals surface area contributed by atoms with Gasteiger partial charge in [-0.15, -0.1) is 0 Å². The minimum absolute atomic E-state index is 0.0181. The molecule has 1 unspecified atom stereocenters. The zero-order valence-corrected chi connectivity index (χ0v) is 22.9. The molecule has 4 N–H and O–H groups in total. The molecular weight excluding hydrogens is 525 g/mol. The summed E-state index contributed by atoms with van der Waals surface area (Å²) in [6.07, 6.45) is 3.30. The maximum absolute atomic E-state index is 15.6. The highest BCUT2D eigenvalue weighted by molar-refractivity contribution is 5.95. The molecule has 3 aromatic heterocycles. The Labute approximate surface area is 235 Å². The molecule has 0 bridgehead atoms. The summed E-state index contributed by atoms with van der Waals surface area (Å²) in [5.41, 5.74) is 15.5. The number of benzene rings is 1. The van der Waals surface area contributed by atoms with Crippen LogP contribution < -0.4 is 26.8 Å². The van der Waals surface area contributed by atoms with Crippen molar-refractivity contribution in [3.8, 4) is 17.2 Å². The van der Waals surface area contributed by atoms with Gasteiger partial charge in [0.05, 0.1) is 24.8 Å². The summed E-state index contributed by atoms with van der Waals surface area (Å²) in [7, 11) is 1.70. The molecule has 210 valence electrons. The molecule has 0 amide bonds. The maximum Gasteiger partial charge on any atom is 0.253 e. The van der Waals surface area contributed by atoms with Gasteiger partial charge in [-0.05, 0) is 44.0 Å². The van der Waals surface area contributed by atoms with E-state index in [9.17, 15) is 10.1 Å². The number of ether oxygens (including phenoxy) is 1. The molecule has 1 aromatic carbocycles. The third kappa shape index (κ3) is 4.58. The van der Waals surface area contributed by atoms with E-state index < -0.39 is 5.82 Å². The largest absolute Gasteiger partial charge is 0.382 e. The van der Waals surface area contributed by atoms with E-state index in [1.165, 1.54) is 10.6 Å². The number of nitrogens with two attached hydrogens (primary N) is 2. The second-order valence-electron chi connectivity index (χ2n) is 10.4. The van der Waals surface area contributed by atoms with Crippen LogP contribution in [0.15, 0.2) is 35.3 Å². The summed E-state index contributed by atoms with van der Waals surface area (Å²) in [6, 6.07) is 8.68. The first-order valence-electron chi connectivity index (χ1n) is 13.5. The van der Waals surface area contributed by atoms with Crippen LogP contribution >= 0.6 is 0 Å². The van der Waals surface area contributed by atoms with Gasteiger partial charge in [0, 0.05) is 60.5 Å². The first kappa shape index (κ1) is 26.5. The van der Waals surface area contributed by atoms with E-state index in [4.69, 9.17) is 21.2 Å². The number of halogens is 1. The van der Waals surface area contributed by atoms with Gasteiger partial charge in [-0.3, -0.25) is 4.79 Å². The van der Waals surface area contributed by atoms with Gasteiger partial charge in [-0.2, -0.15) is 15.2 Å². The normalized spacial score (nSPS) is 17.3. The average Bonchev–Trinajstić information content (AvgIpc) is 3.45. The maximum atomic E-state index is 15.6. The molecule has 11 nitrogen and oxygen atoms in total. The van der Waals surface area contributed by atoms with Crippen molar-refractivity contribution in [1.82, 2.24) is 19.5 Å². The Morgan fingerprint density at radius 3 is 2.61 bits per heavy atom. The number of fused-ring (bicyclic) bond motifs is 1. The fourth-order valence-corrected chi connectivity index (χ4v) is 5.91. The van der Waals surface area contributed by atoms with Gasteiger partial charge in [0.2, 0.25) is 5.95 Å². The van der Waals surface area contributed by atoms with E-state index in [2.05, 4.69) is 20.9 Å². The molecule has 5 heterocycles. The molecule has 6 rings (SSSR count). The van der Waals surface area contributed by atoms with E-state index in [1.807, 2.05) is 17.0 Å². The zero-order valence-electron chi connectivity index (χ0n) is 22.9. The number of pyridine rings is 2. The SMILES string of the molecule is Cc1cc(-c2ccc(F)c3cc(C4CCCN4c4nc(N)nc(N)c4C#N)c(N4CCOCC4)nc23)cn(C)c1=O. The van der Waals surface area contributed by atoms with E-state index >= 15 is 4.39 Å². The Hall–Kier alpha value is -4.76. The Balaban J connectivity index is 1.58. The van der Waals surface area contributed by atoms with Crippen LogP contribution in [-0.4, -0.2) is 52.4 Å². The van der Waals surface area contributed by atoms with Crippen LogP contribution in [0.2, 0.25) is 0 Å². The third-order valence-corrected chi connectivity index (χ3v) is 7.85. The molecule has 2 aliphatic heterocycles. The number of nitrogen functional groups attached to an aromatic ring is 2. The minimum Gasteiger partial charge on any atom is -0.382 e. The predicted molar refractivity (Wildman–Crippen MR) is 155 cm³/mol. The lowest BCUT2D eigenvalue weighted by molar-refractivity contribution is 0.122. The molecule has 12 heteroatoms. The van der Waals surface area contributed by atoms with E-state index in [0.717, 1.165) is 35.3 Å². The van der Waals surface area contributed by atoms with E-state index in [0.29, 0.717) is 55.1 Å². The standard InChI is InChI=1S/C29H30FN9O2/c1-16-12-17(15-37(2)28(16)40)18-5-6-22(30)19-13-20(26(34-24(18)19)38-8-10-41-11-9-38)23-4-3-7-39(23)27-21(14-31)25(32)35-29(33)36-27/h5-6,12-13,15,23H,3-4,7-11H2,1-2H3,(H4,32,33,35,36). The van der Waals surface area contributed by atoms with Crippen LogP contribution in [0.3, 0.4) is 0 Å². The van der Waals surface area contributed by atoms with Crippen molar-refractivity contribution in [2.45, 2.75) is 25.8 Å². The van der Waals surface area contributed by atoms with Gasteiger partial charge in [0.25, 0.3) is 5.56 Å². The monoisotopic (exact) mass is 555 g/mol. The van der Waals surface area contributed by atoms with Crippen molar-refractivity contribution >= 4 is 34.3 Å². The lowest BCUT2D eigenvalue weighted by atomic mass is 9.97. The first-order chi connectivity index (χ1) is 19.8. The molecule has 0 aliphatic carbocycles. The molecule has 0 radical (unpaired) electrons. The highest BCUT2D eigenvalue weighted by Gasteiger charge is 2.34. The predicted octanol–water partition coefficient (Wildman–Crippen LogP) is 3.05. The highest BCUT2D eigenvalue weighted by Crippen LogP contribution is 2.43. The molecule has 0 saturated carbocycles. The molecule has 1 atom stereocenters. The Bertz CT molecular complexity index is 1750. The Kier molecular flexibility index (Phi) is 6.67. The fourth-order valence-electron chi connectivity index (χ4n) is 5.91. The van der Waals surface area contributed by atoms with Crippen molar-refractivity contribution in [3.05, 3.63) is 63.3 Å². The average molecular weight is 556 g/mol. The quantitative estimate of drug-likeness (QED) is 0.384. The van der Waals surface area contributed by atoms with Crippen LogP contribution in [0.1, 0.15) is 35.6 Å². The van der Waals surface area contributed by atoms with Crippen LogP contribution in [0.25, 0.3) is 22.0 Å². The van der Waals surface area contributed by atoms with Crippen molar-refractivity contribution in [2.75, 3.05) is 54.1 Å². The van der Waals surface area contributed by atoms with Crippen molar-refractivity contribution in [3.63, 3.8) is 0 Å². The number of nitriles is 1. The first-order valence-corrected chi connectivity index (χ1v) is 13.5. The number of hydrogen-bond acceptors (Lipinski definition) is 10. The van der Waals surface area contributed by atoms with Crippen LogP contribution in [0.4, 0.5) is 27.8 Å². The molecule has 2 saturated heterocycles. The molecule has 2 aliphatic rings. The molecule has 2 fully saturated rings. The highest BCUT2D eigenvalue weighted by atomic mass is 19.1. The number of hydrogen-bond donors (Lipinski definition) is 2. The van der Waals surface area contributed by atoms with Crippen LogP contribution in [-0.2, 0) is 11.8 Å². The van der Waals surface area contributed by atoms with Crippen molar-refractivity contribution in [1.29, 1.82) is 5.26 Å². The van der Waals surface area contributed by atoms with E-state index in [1.54, 1.807) is 26.2 Å². The Morgan fingerprint density at radius 2 is 1.88 bits per heavy atom. The number of morpholine rings is 1. The summed E-state index contributed by atoms with van der Waals surface area (Å²) in [5, 5.41) is 10.2. The van der Waals surface area contributed by atoms with Gasteiger partial charge >= 0.3 is 0 Å². The number of aryl methyl sites for hydroxylation is 2. The topological polar surface area (TPSA) is 152 Å². The van der Waals surface area contributed by atoms with Gasteiger partial charge in [0.15, 0.2) is 5.82 Å². The summed E-state index contributed by atoms with van der Waals surface area (Å²) in [5.74, 6) is 0.692. The molecule has 0 spiro atoms. The second kappa shape index (κ2) is 10.3. The minimum atomic E-state index is -0.398. The smallest absolute Gasteiger partial charge is 0.253 e.